The van der Waals surface area contributed by atoms with Crippen LogP contribution in [0.15, 0.2) is 0 Å². The fraction of sp³-hybridized carbons (Fsp3) is 1.00. The molecule has 0 saturated heterocycles. The van der Waals surface area contributed by atoms with Crippen LogP contribution in [0.4, 0.5) is 52.7 Å². The molecule has 0 aliphatic carbocycles. The maximum absolute atomic E-state index is 13.5. The van der Waals surface area contributed by atoms with Gasteiger partial charge in [-0.1, -0.05) is 0 Å². The molecule has 0 aromatic heterocycles. The summed E-state index contributed by atoms with van der Waals surface area (Å²) in [6, 6.07) is 0. The first-order valence-corrected chi connectivity index (χ1v) is 4.52. The molecule has 2 unspecified atom stereocenters. The second kappa shape index (κ2) is 4.33. The molecule has 0 spiro atoms. The average Bonchev–Trinajstić information content (AvgIpc) is 2.10. The highest BCUT2D eigenvalue weighted by Crippen LogP contribution is 2.61. The van der Waals surface area contributed by atoms with Gasteiger partial charge in [-0.25, -0.2) is 13.2 Å². The Bertz CT molecular complexity index is 327. The van der Waals surface area contributed by atoms with Gasteiger partial charge in [0.2, 0.25) is 11.3 Å². The predicted molar refractivity (Wildman–Crippen MR) is 41.0 cm³/mol. The van der Waals surface area contributed by atoms with E-state index in [1.54, 1.807) is 0 Å². The zero-order valence-electron chi connectivity index (χ0n) is 9.54. The molecule has 0 saturated carbocycles. The van der Waals surface area contributed by atoms with E-state index in [4.69, 9.17) is 0 Å². The van der Waals surface area contributed by atoms with Crippen molar-refractivity contribution in [1.82, 2.24) is 0 Å². The molecule has 0 heterocycles. The fourth-order valence-electron chi connectivity index (χ4n) is 1.36. The van der Waals surface area contributed by atoms with Gasteiger partial charge >= 0.3 is 18.5 Å². The number of rotatable bonds is 2. The minimum atomic E-state index is -7.12. The lowest BCUT2D eigenvalue weighted by molar-refractivity contribution is -0.400. The first-order valence-electron chi connectivity index (χ1n) is 4.52. The fourth-order valence-corrected chi connectivity index (χ4v) is 1.36. The third-order valence-electron chi connectivity index (χ3n) is 2.75. The highest BCUT2D eigenvalue weighted by Gasteiger charge is 2.88. The van der Waals surface area contributed by atoms with Gasteiger partial charge in [-0.3, -0.25) is 0 Å². The van der Waals surface area contributed by atoms with Gasteiger partial charge in [-0.15, -0.1) is 0 Å². The maximum Gasteiger partial charge on any atom is 0.429 e. The topological polar surface area (TPSA) is 0 Å². The SMILES string of the molecule is CC(F)(C(F)(F)F)C(F)(C(F)(F)F)C(C)(F)C(F)(F)F. The van der Waals surface area contributed by atoms with Crippen molar-refractivity contribution in [3.63, 3.8) is 0 Å². The second-order valence-electron chi connectivity index (χ2n) is 4.16. The summed E-state index contributed by atoms with van der Waals surface area (Å²) in [6.45, 7) is -2.30. The van der Waals surface area contributed by atoms with Crippen molar-refractivity contribution in [2.45, 2.75) is 49.4 Å². The molecular formula is C8H6F12. The molecule has 0 aliphatic heterocycles. The maximum atomic E-state index is 13.5. The van der Waals surface area contributed by atoms with Gasteiger partial charge in [0.25, 0.3) is 5.67 Å². The zero-order valence-corrected chi connectivity index (χ0v) is 9.54. The van der Waals surface area contributed by atoms with Gasteiger partial charge in [0.1, 0.15) is 0 Å². The summed E-state index contributed by atoms with van der Waals surface area (Å²) in [4.78, 5) is 0. The van der Waals surface area contributed by atoms with Crippen LogP contribution in [0.2, 0.25) is 0 Å². The van der Waals surface area contributed by atoms with E-state index in [1.165, 1.54) is 0 Å². The molecule has 12 heteroatoms. The Kier molecular flexibility index (Phi) is 4.14. The van der Waals surface area contributed by atoms with Gasteiger partial charge in [0.15, 0.2) is 0 Å². The zero-order chi connectivity index (χ0) is 17.0. The molecular weight excluding hydrogens is 324 g/mol. The Morgan fingerprint density at radius 1 is 0.400 bits per heavy atom. The van der Waals surface area contributed by atoms with Crippen LogP contribution in [0.5, 0.6) is 0 Å². The Labute approximate surface area is 103 Å². The third kappa shape index (κ3) is 2.30. The quantitative estimate of drug-likeness (QED) is 0.636. The first-order chi connectivity index (χ1) is 8.25. The van der Waals surface area contributed by atoms with E-state index in [9.17, 15) is 52.7 Å². The molecule has 20 heavy (non-hydrogen) atoms. The van der Waals surface area contributed by atoms with Gasteiger partial charge in [-0.2, -0.15) is 39.5 Å². The van der Waals surface area contributed by atoms with E-state index < -0.39 is 49.4 Å². The van der Waals surface area contributed by atoms with Crippen LogP contribution >= 0.6 is 0 Å². The highest BCUT2D eigenvalue weighted by molar-refractivity contribution is 5.18. The van der Waals surface area contributed by atoms with E-state index in [-0.39, 0.29) is 0 Å². The summed E-state index contributed by atoms with van der Waals surface area (Å²) in [6.07, 6.45) is -20.6. The van der Waals surface area contributed by atoms with Crippen molar-refractivity contribution in [2.75, 3.05) is 0 Å². The third-order valence-corrected chi connectivity index (χ3v) is 2.75. The molecule has 0 amide bonds. The van der Waals surface area contributed by atoms with Crippen molar-refractivity contribution >= 4 is 0 Å². The van der Waals surface area contributed by atoms with E-state index in [2.05, 4.69) is 0 Å². The van der Waals surface area contributed by atoms with Crippen molar-refractivity contribution < 1.29 is 52.7 Å². The molecule has 0 rings (SSSR count). The molecule has 0 aromatic carbocycles. The normalized spacial score (nSPS) is 23.7. The largest absolute Gasteiger partial charge is 0.429 e. The lowest BCUT2D eigenvalue weighted by Gasteiger charge is -2.45. The summed E-state index contributed by atoms with van der Waals surface area (Å²) in [5, 5.41) is 0. The minimum absolute atomic E-state index is 1.15. The summed E-state index contributed by atoms with van der Waals surface area (Å²) in [7, 11) is 0. The Hall–Kier alpha value is -0.840. The van der Waals surface area contributed by atoms with E-state index in [0.717, 1.165) is 0 Å². The van der Waals surface area contributed by atoms with Crippen LogP contribution in [0.3, 0.4) is 0 Å². The average molecular weight is 330 g/mol. The molecule has 0 nitrogen and oxygen atoms in total. The van der Waals surface area contributed by atoms with Crippen molar-refractivity contribution in [2.24, 2.45) is 0 Å². The minimum Gasteiger partial charge on any atom is -0.230 e. The van der Waals surface area contributed by atoms with Crippen LogP contribution in [0, 0.1) is 0 Å². The van der Waals surface area contributed by atoms with Gasteiger partial charge in [0.05, 0.1) is 0 Å². The van der Waals surface area contributed by atoms with Gasteiger partial charge < -0.3 is 0 Å². The monoisotopic (exact) mass is 330 g/mol. The summed E-state index contributed by atoms with van der Waals surface area (Å²) in [5.74, 6) is 0. The lowest BCUT2D eigenvalue weighted by Crippen LogP contribution is -2.74. The first kappa shape index (κ1) is 19.2. The molecule has 122 valence electrons. The molecule has 0 fully saturated rings. The number of hydrogen-bond acceptors (Lipinski definition) is 0. The molecule has 0 N–H and O–H groups in total. The van der Waals surface area contributed by atoms with Crippen LogP contribution < -0.4 is 0 Å². The molecule has 0 bridgehead atoms. The standard InChI is InChI=1S/C8H6F12/c1-3(9,6(12,13)14)5(11,8(18,19)20)4(2,10)7(15,16)17/h1-2H3. The van der Waals surface area contributed by atoms with Crippen molar-refractivity contribution in [3.05, 3.63) is 0 Å². The summed E-state index contributed by atoms with van der Waals surface area (Å²) < 4.78 is 150. The van der Waals surface area contributed by atoms with Crippen LogP contribution in [0.1, 0.15) is 13.8 Å². The van der Waals surface area contributed by atoms with Crippen LogP contribution in [0.25, 0.3) is 0 Å². The smallest absolute Gasteiger partial charge is 0.230 e. The Morgan fingerprint density at radius 3 is 0.700 bits per heavy atom. The Balaban J connectivity index is 6.50. The van der Waals surface area contributed by atoms with Crippen molar-refractivity contribution in [1.29, 1.82) is 0 Å². The summed E-state index contributed by atoms with van der Waals surface area (Å²) in [5.41, 5.74) is -19.2. The molecule has 0 radical (unpaired) electrons. The summed E-state index contributed by atoms with van der Waals surface area (Å²) >= 11 is 0. The highest BCUT2D eigenvalue weighted by atomic mass is 19.4. The molecule has 0 aliphatic rings. The number of halogens is 12. The number of alkyl halides is 12. The van der Waals surface area contributed by atoms with Gasteiger partial charge in [-0.05, 0) is 13.8 Å². The van der Waals surface area contributed by atoms with Gasteiger partial charge in [0, 0.05) is 0 Å². The molecule has 0 aromatic rings. The van der Waals surface area contributed by atoms with Crippen LogP contribution in [-0.4, -0.2) is 35.5 Å². The van der Waals surface area contributed by atoms with E-state index in [0.29, 0.717) is 0 Å². The van der Waals surface area contributed by atoms with E-state index >= 15 is 0 Å². The number of hydrogen-bond donors (Lipinski definition) is 0. The Morgan fingerprint density at radius 2 is 0.600 bits per heavy atom. The predicted octanol–water partition coefficient (Wildman–Crippen LogP) is 4.84. The second-order valence-corrected chi connectivity index (χ2v) is 4.16. The van der Waals surface area contributed by atoms with E-state index in [1.807, 2.05) is 0 Å². The lowest BCUT2D eigenvalue weighted by atomic mass is 9.74. The van der Waals surface area contributed by atoms with Crippen LogP contribution in [-0.2, 0) is 0 Å². The molecule has 2 atom stereocenters. The van der Waals surface area contributed by atoms with Crippen molar-refractivity contribution in [3.8, 4) is 0 Å².